The average Bonchev–Trinajstić information content (AvgIpc) is 2.76. The Kier molecular flexibility index (Phi) is 4.09. The van der Waals surface area contributed by atoms with Crippen LogP contribution in [-0.4, -0.2) is 15.2 Å². The molecule has 0 unspecified atom stereocenters. The van der Waals surface area contributed by atoms with Crippen molar-refractivity contribution in [1.82, 2.24) is 4.98 Å². The summed E-state index contributed by atoms with van der Waals surface area (Å²) >= 11 is 6.75. The smallest absolute Gasteiger partial charge is 0.268 e. The standard InChI is InChI=1S/C17H14N2OS2/c1-11-5-3-6-12(2)15(11)19-16(20)14(22-17(19)21)9-13-7-4-8-18-10-13/h3-10H,1-2H3. The molecule has 2 heterocycles. The zero-order chi connectivity index (χ0) is 15.7. The molecule has 0 bridgehead atoms. The second kappa shape index (κ2) is 6.02. The number of hydrogen-bond donors (Lipinski definition) is 0. The molecule has 3 rings (SSSR count). The number of aryl methyl sites for hydroxylation is 2. The van der Waals surface area contributed by atoms with Gasteiger partial charge in [-0.1, -0.05) is 48.2 Å². The number of carbonyl (C=O) groups is 1. The number of aromatic nitrogens is 1. The van der Waals surface area contributed by atoms with E-state index in [4.69, 9.17) is 12.2 Å². The van der Waals surface area contributed by atoms with Crippen molar-refractivity contribution in [2.45, 2.75) is 13.8 Å². The summed E-state index contributed by atoms with van der Waals surface area (Å²) in [5.74, 6) is -0.0729. The Hall–Kier alpha value is -1.98. The van der Waals surface area contributed by atoms with E-state index in [1.165, 1.54) is 11.8 Å². The molecule has 0 saturated carbocycles. The first-order valence-corrected chi connectivity index (χ1v) is 8.04. The molecule has 1 aromatic heterocycles. The van der Waals surface area contributed by atoms with Gasteiger partial charge in [0.2, 0.25) is 0 Å². The van der Waals surface area contributed by atoms with Gasteiger partial charge in [-0.05, 0) is 42.7 Å². The molecule has 1 aliphatic rings. The maximum absolute atomic E-state index is 12.8. The number of para-hydroxylation sites is 1. The first-order chi connectivity index (χ1) is 10.6. The van der Waals surface area contributed by atoms with Crippen LogP contribution in [0.3, 0.4) is 0 Å². The maximum atomic E-state index is 12.8. The summed E-state index contributed by atoms with van der Waals surface area (Å²) in [6, 6.07) is 9.73. The quantitative estimate of drug-likeness (QED) is 0.614. The van der Waals surface area contributed by atoms with E-state index in [0.717, 1.165) is 22.4 Å². The molecule has 110 valence electrons. The predicted octanol–water partition coefficient (Wildman–Crippen LogP) is 4.10. The number of anilines is 1. The molecule has 1 aromatic carbocycles. The topological polar surface area (TPSA) is 33.2 Å². The third-order valence-electron chi connectivity index (χ3n) is 3.44. The highest BCUT2D eigenvalue weighted by molar-refractivity contribution is 8.27. The monoisotopic (exact) mass is 326 g/mol. The van der Waals surface area contributed by atoms with Crippen LogP contribution in [0.25, 0.3) is 6.08 Å². The van der Waals surface area contributed by atoms with Crippen LogP contribution < -0.4 is 4.90 Å². The van der Waals surface area contributed by atoms with Gasteiger partial charge in [0.25, 0.3) is 5.91 Å². The van der Waals surface area contributed by atoms with E-state index >= 15 is 0 Å². The van der Waals surface area contributed by atoms with Crippen LogP contribution in [0.2, 0.25) is 0 Å². The fraction of sp³-hybridized carbons (Fsp3) is 0.118. The van der Waals surface area contributed by atoms with E-state index in [9.17, 15) is 4.79 Å². The summed E-state index contributed by atoms with van der Waals surface area (Å²) in [4.78, 5) is 19.1. The predicted molar refractivity (Wildman–Crippen MR) is 95.8 cm³/mol. The molecule has 1 saturated heterocycles. The van der Waals surface area contributed by atoms with Crippen molar-refractivity contribution in [3.05, 3.63) is 64.3 Å². The van der Waals surface area contributed by atoms with Crippen molar-refractivity contribution in [3.63, 3.8) is 0 Å². The number of amides is 1. The van der Waals surface area contributed by atoms with Gasteiger partial charge in [0, 0.05) is 12.4 Å². The van der Waals surface area contributed by atoms with Gasteiger partial charge in [-0.15, -0.1) is 0 Å². The Bertz CT molecular complexity index is 764. The van der Waals surface area contributed by atoms with Gasteiger partial charge in [-0.25, -0.2) is 0 Å². The van der Waals surface area contributed by atoms with E-state index in [1.54, 1.807) is 17.3 Å². The Labute approximate surface area is 139 Å². The van der Waals surface area contributed by atoms with Gasteiger partial charge in [-0.3, -0.25) is 14.7 Å². The lowest BCUT2D eigenvalue weighted by atomic mass is 10.1. The third-order valence-corrected chi connectivity index (χ3v) is 4.74. The van der Waals surface area contributed by atoms with Crippen LogP contribution in [0.15, 0.2) is 47.6 Å². The average molecular weight is 326 g/mol. The second-order valence-corrected chi connectivity index (χ2v) is 6.72. The molecule has 0 atom stereocenters. The lowest BCUT2D eigenvalue weighted by molar-refractivity contribution is -0.113. The zero-order valence-electron chi connectivity index (χ0n) is 12.2. The van der Waals surface area contributed by atoms with Crippen molar-refractivity contribution in [1.29, 1.82) is 0 Å². The van der Waals surface area contributed by atoms with Crippen LogP contribution in [0.5, 0.6) is 0 Å². The normalized spacial score (nSPS) is 16.6. The van der Waals surface area contributed by atoms with Crippen LogP contribution in [-0.2, 0) is 4.79 Å². The minimum absolute atomic E-state index is 0.0729. The summed E-state index contributed by atoms with van der Waals surface area (Å²) in [5, 5.41) is 0. The zero-order valence-corrected chi connectivity index (χ0v) is 13.9. The fourth-order valence-electron chi connectivity index (χ4n) is 2.43. The number of rotatable bonds is 2. The lowest BCUT2D eigenvalue weighted by Gasteiger charge is -2.19. The van der Waals surface area contributed by atoms with E-state index in [-0.39, 0.29) is 5.91 Å². The summed E-state index contributed by atoms with van der Waals surface area (Å²) < 4.78 is 0.567. The van der Waals surface area contributed by atoms with Crippen LogP contribution in [0, 0.1) is 13.8 Å². The number of nitrogens with zero attached hydrogens (tertiary/aromatic N) is 2. The molecule has 0 N–H and O–H groups in total. The largest absolute Gasteiger partial charge is 0.270 e. The number of thioether (sulfide) groups is 1. The van der Waals surface area contributed by atoms with E-state index in [1.807, 2.05) is 50.3 Å². The highest BCUT2D eigenvalue weighted by Crippen LogP contribution is 2.38. The molecule has 2 aromatic rings. The summed E-state index contributed by atoms with van der Waals surface area (Å²) in [5.41, 5.74) is 3.86. The molecule has 0 radical (unpaired) electrons. The molecule has 0 aliphatic carbocycles. The third kappa shape index (κ3) is 2.69. The Morgan fingerprint density at radius 3 is 2.55 bits per heavy atom. The fourth-order valence-corrected chi connectivity index (χ4v) is 3.70. The van der Waals surface area contributed by atoms with Gasteiger partial charge in [0.1, 0.15) is 0 Å². The molecule has 3 nitrogen and oxygen atoms in total. The second-order valence-electron chi connectivity index (χ2n) is 5.04. The van der Waals surface area contributed by atoms with Gasteiger partial charge in [0.05, 0.1) is 10.6 Å². The summed E-state index contributed by atoms with van der Waals surface area (Å²) in [6.07, 6.45) is 5.27. The molecule has 0 spiro atoms. The molecular formula is C17H14N2OS2. The van der Waals surface area contributed by atoms with E-state index in [2.05, 4.69) is 4.98 Å². The summed E-state index contributed by atoms with van der Waals surface area (Å²) in [6.45, 7) is 3.98. The summed E-state index contributed by atoms with van der Waals surface area (Å²) in [7, 11) is 0. The van der Waals surface area contributed by atoms with Crippen LogP contribution in [0.1, 0.15) is 16.7 Å². The minimum Gasteiger partial charge on any atom is -0.268 e. The van der Waals surface area contributed by atoms with Crippen molar-refractivity contribution >= 4 is 46.0 Å². The Morgan fingerprint density at radius 2 is 1.91 bits per heavy atom. The Balaban J connectivity index is 2.01. The van der Waals surface area contributed by atoms with Gasteiger partial charge in [-0.2, -0.15) is 0 Å². The highest BCUT2D eigenvalue weighted by atomic mass is 32.2. The molecule has 5 heteroatoms. The SMILES string of the molecule is Cc1cccc(C)c1N1C(=O)C(=Cc2cccnc2)SC1=S. The lowest BCUT2D eigenvalue weighted by Crippen LogP contribution is -2.29. The Morgan fingerprint density at radius 1 is 1.18 bits per heavy atom. The number of carbonyl (C=O) groups excluding carboxylic acids is 1. The first-order valence-electron chi connectivity index (χ1n) is 6.82. The number of benzene rings is 1. The maximum Gasteiger partial charge on any atom is 0.270 e. The molecule has 1 amide bonds. The highest BCUT2D eigenvalue weighted by Gasteiger charge is 2.34. The van der Waals surface area contributed by atoms with Crippen LogP contribution >= 0.6 is 24.0 Å². The van der Waals surface area contributed by atoms with Crippen molar-refractivity contribution in [3.8, 4) is 0 Å². The number of hydrogen-bond acceptors (Lipinski definition) is 4. The molecule has 1 fully saturated rings. The van der Waals surface area contributed by atoms with Crippen molar-refractivity contribution in [2.24, 2.45) is 0 Å². The molecular weight excluding hydrogens is 312 g/mol. The minimum atomic E-state index is -0.0729. The van der Waals surface area contributed by atoms with Gasteiger partial charge in [0.15, 0.2) is 4.32 Å². The van der Waals surface area contributed by atoms with E-state index in [0.29, 0.717) is 9.23 Å². The van der Waals surface area contributed by atoms with Crippen molar-refractivity contribution in [2.75, 3.05) is 4.90 Å². The molecule has 1 aliphatic heterocycles. The van der Waals surface area contributed by atoms with Crippen LogP contribution in [0.4, 0.5) is 5.69 Å². The van der Waals surface area contributed by atoms with Gasteiger partial charge >= 0.3 is 0 Å². The van der Waals surface area contributed by atoms with Gasteiger partial charge < -0.3 is 0 Å². The molecule has 22 heavy (non-hydrogen) atoms. The van der Waals surface area contributed by atoms with E-state index < -0.39 is 0 Å². The first kappa shape index (κ1) is 14.9. The number of thiocarbonyl (C=S) groups is 1. The van der Waals surface area contributed by atoms with Crippen molar-refractivity contribution < 1.29 is 4.79 Å². The number of pyridine rings is 1.